The van der Waals surface area contributed by atoms with E-state index >= 15 is 0 Å². The quantitative estimate of drug-likeness (QED) is 0.0304. The number of aliphatic imine (C=N–C) groups is 1. The maximum atomic E-state index is 13.3. The number of alkyl carbamates (subject to hydrolysis) is 1. The van der Waals surface area contributed by atoms with Crippen LogP contribution in [0.3, 0.4) is 0 Å². The van der Waals surface area contributed by atoms with E-state index in [1.807, 2.05) is 0 Å². The molecular formula is C30H49N9O10. The third kappa shape index (κ3) is 16.1. The first-order chi connectivity index (χ1) is 22.7. The molecule has 0 saturated carbocycles. The van der Waals surface area contributed by atoms with Gasteiger partial charge in [-0.2, -0.15) is 0 Å². The Morgan fingerprint density at radius 1 is 0.898 bits per heavy atom. The summed E-state index contributed by atoms with van der Waals surface area (Å²) in [5, 5.41) is 43.4. The van der Waals surface area contributed by atoms with E-state index in [1.165, 1.54) is 31.2 Å². The number of nitrogens with one attached hydrogen (secondary N) is 5. The molecule has 1 rings (SSSR count). The van der Waals surface area contributed by atoms with E-state index in [4.69, 9.17) is 16.2 Å². The van der Waals surface area contributed by atoms with Crippen LogP contribution in [0.5, 0.6) is 0 Å². The summed E-state index contributed by atoms with van der Waals surface area (Å²) in [7, 11) is 0. The second kappa shape index (κ2) is 19.7. The van der Waals surface area contributed by atoms with Gasteiger partial charge in [-0.15, -0.1) is 0 Å². The Morgan fingerprint density at radius 3 is 1.96 bits per heavy atom. The maximum Gasteiger partial charge on any atom is 0.408 e. The molecule has 1 aromatic carbocycles. The van der Waals surface area contributed by atoms with Crippen molar-refractivity contribution in [3.63, 3.8) is 0 Å². The van der Waals surface area contributed by atoms with Crippen molar-refractivity contribution >= 4 is 47.1 Å². The molecule has 0 aliphatic rings. The Labute approximate surface area is 284 Å². The van der Waals surface area contributed by atoms with E-state index in [0.29, 0.717) is 0 Å². The van der Waals surface area contributed by atoms with E-state index in [0.717, 1.165) is 0 Å². The number of nitro groups is 1. The summed E-state index contributed by atoms with van der Waals surface area (Å²) in [6.45, 7) is 8.94. The molecule has 0 bridgehead atoms. The molecule has 19 heteroatoms. The van der Waals surface area contributed by atoms with Crippen molar-refractivity contribution < 1.29 is 43.8 Å². The molecule has 5 atom stereocenters. The maximum absolute atomic E-state index is 13.3. The monoisotopic (exact) mass is 695 g/mol. The zero-order valence-electron chi connectivity index (χ0n) is 28.5. The van der Waals surface area contributed by atoms with Gasteiger partial charge in [-0.1, -0.05) is 13.8 Å². The first-order valence-corrected chi connectivity index (χ1v) is 15.5. The normalized spacial score (nSPS) is 14.2. The van der Waals surface area contributed by atoms with Crippen LogP contribution in [0.25, 0.3) is 0 Å². The van der Waals surface area contributed by atoms with Crippen LogP contribution in [0.1, 0.15) is 60.8 Å². The SMILES string of the molecule is CC(C)C[C@H](NC(=O)OC(C)(C)C)C(=O)N[C@@H](CO)C(=O)N[C@H](C(=O)N[C@@H](CCCN=C(N)N)C(=O)Nc1ccc([N+](=O)[O-])cc1)[C@@H](C)O. The second-order valence-corrected chi connectivity index (χ2v) is 12.6. The van der Waals surface area contributed by atoms with Crippen LogP contribution in [0.4, 0.5) is 16.2 Å². The fraction of sp³-hybridized carbons (Fsp3) is 0.600. The Balaban J connectivity index is 3.10. The molecule has 19 nitrogen and oxygen atoms in total. The topological polar surface area (TPSA) is 303 Å². The number of non-ortho nitro benzene ring substituents is 1. The van der Waals surface area contributed by atoms with Crippen LogP contribution in [0.15, 0.2) is 29.3 Å². The predicted molar refractivity (Wildman–Crippen MR) is 179 cm³/mol. The number of carbonyl (C=O) groups excluding carboxylic acids is 5. The standard InChI is InChI=1S/C30H49N9O10/c1-16(2)14-21(37-29(46)49-30(4,5)6)25(43)36-22(15-40)26(44)38-23(17(3)41)27(45)35-20(8-7-13-33-28(31)32)24(42)34-18-9-11-19(12-10-18)39(47)48/h9-12,16-17,20-23,40-41H,7-8,13-15H2,1-6H3,(H,34,42)(H,35,45)(H,36,43)(H,37,46)(H,38,44)(H4,31,32,33)/t17-,20+,21+,22+,23+/m1/s1. The molecule has 1 aromatic rings. The smallest absolute Gasteiger partial charge is 0.408 e. The molecule has 0 unspecified atom stereocenters. The number of guanidine groups is 1. The lowest BCUT2D eigenvalue weighted by Crippen LogP contribution is -2.61. The Morgan fingerprint density at radius 2 is 1.47 bits per heavy atom. The molecule has 11 N–H and O–H groups in total. The van der Waals surface area contributed by atoms with Crippen LogP contribution in [0, 0.1) is 16.0 Å². The van der Waals surface area contributed by atoms with Crippen LogP contribution in [0.2, 0.25) is 0 Å². The number of ether oxygens (including phenoxy) is 1. The van der Waals surface area contributed by atoms with E-state index in [9.17, 15) is 44.3 Å². The van der Waals surface area contributed by atoms with Crippen LogP contribution in [-0.4, -0.2) is 99.8 Å². The van der Waals surface area contributed by atoms with Crippen LogP contribution >= 0.6 is 0 Å². The number of benzene rings is 1. The minimum absolute atomic E-state index is 0.000971. The van der Waals surface area contributed by atoms with Crippen LogP contribution in [-0.2, 0) is 23.9 Å². The van der Waals surface area contributed by atoms with Crippen LogP contribution < -0.4 is 38.1 Å². The van der Waals surface area contributed by atoms with Gasteiger partial charge in [0.05, 0.1) is 17.6 Å². The minimum atomic E-state index is -1.66. The van der Waals surface area contributed by atoms with Gasteiger partial charge in [0.1, 0.15) is 29.8 Å². The number of hydrogen-bond donors (Lipinski definition) is 9. The lowest BCUT2D eigenvalue weighted by atomic mass is 10.0. The van der Waals surface area contributed by atoms with Crippen molar-refractivity contribution in [2.45, 2.75) is 96.7 Å². The summed E-state index contributed by atoms with van der Waals surface area (Å²) in [4.78, 5) is 79.2. The third-order valence-electron chi connectivity index (χ3n) is 6.52. The first-order valence-electron chi connectivity index (χ1n) is 15.5. The highest BCUT2D eigenvalue weighted by Gasteiger charge is 2.34. The fourth-order valence-corrected chi connectivity index (χ4v) is 4.21. The number of aliphatic hydroxyl groups is 2. The average Bonchev–Trinajstić information content (AvgIpc) is 2.98. The van der Waals surface area contributed by atoms with Gasteiger partial charge in [0.15, 0.2) is 5.96 Å². The Bertz CT molecular complexity index is 1330. The molecule has 0 radical (unpaired) electrons. The summed E-state index contributed by atoms with van der Waals surface area (Å²) in [5.41, 5.74) is 9.84. The van der Waals surface area contributed by atoms with E-state index in [-0.39, 0.29) is 49.1 Å². The lowest BCUT2D eigenvalue weighted by Gasteiger charge is -2.27. The van der Waals surface area contributed by atoms with Gasteiger partial charge < -0.3 is 53.0 Å². The molecule has 0 spiro atoms. The van der Waals surface area contributed by atoms with Gasteiger partial charge >= 0.3 is 6.09 Å². The van der Waals surface area contributed by atoms with Crippen molar-refractivity contribution in [3.05, 3.63) is 34.4 Å². The number of anilines is 1. The highest BCUT2D eigenvalue weighted by atomic mass is 16.6. The number of carbonyl (C=O) groups is 5. The molecule has 5 amide bonds. The molecule has 49 heavy (non-hydrogen) atoms. The van der Waals surface area contributed by atoms with Crippen molar-refractivity contribution in [2.75, 3.05) is 18.5 Å². The zero-order valence-corrected chi connectivity index (χ0v) is 28.5. The van der Waals surface area contributed by atoms with Crippen molar-refractivity contribution in [2.24, 2.45) is 22.4 Å². The van der Waals surface area contributed by atoms with Gasteiger partial charge in [-0.25, -0.2) is 4.79 Å². The predicted octanol–water partition coefficient (Wildman–Crippen LogP) is -0.646. The number of nitrogens with two attached hydrogens (primary N) is 2. The number of aliphatic hydroxyl groups excluding tert-OH is 2. The molecule has 0 aromatic heterocycles. The summed E-state index contributed by atoms with van der Waals surface area (Å²) >= 11 is 0. The first kappa shape index (κ1) is 42.0. The third-order valence-corrected chi connectivity index (χ3v) is 6.52. The van der Waals surface area contributed by atoms with Crippen molar-refractivity contribution in [3.8, 4) is 0 Å². The highest BCUT2D eigenvalue weighted by Crippen LogP contribution is 2.16. The summed E-state index contributed by atoms with van der Waals surface area (Å²) in [6.07, 6.45) is -2.00. The zero-order chi connectivity index (χ0) is 37.5. The number of nitro benzene ring substituents is 1. The molecule has 0 fully saturated rings. The molecule has 0 aliphatic carbocycles. The Hall–Kier alpha value is -5.04. The van der Waals surface area contributed by atoms with Crippen molar-refractivity contribution in [1.29, 1.82) is 0 Å². The summed E-state index contributed by atoms with van der Waals surface area (Å²) in [5.74, 6) is -3.82. The van der Waals surface area contributed by atoms with Gasteiger partial charge in [0.2, 0.25) is 23.6 Å². The molecule has 0 saturated heterocycles. The minimum Gasteiger partial charge on any atom is -0.444 e. The molecule has 0 aliphatic heterocycles. The number of nitrogens with zero attached hydrogens (tertiary/aromatic N) is 2. The van der Waals surface area contributed by atoms with Gasteiger partial charge in [-0.05, 0) is 65.0 Å². The number of hydrogen-bond acceptors (Lipinski definition) is 11. The fourth-order valence-electron chi connectivity index (χ4n) is 4.21. The molecular weight excluding hydrogens is 646 g/mol. The van der Waals surface area contributed by atoms with Crippen molar-refractivity contribution in [1.82, 2.24) is 21.3 Å². The lowest BCUT2D eigenvalue weighted by molar-refractivity contribution is -0.384. The van der Waals surface area contributed by atoms with Gasteiger partial charge in [0, 0.05) is 24.4 Å². The second-order valence-electron chi connectivity index (χ2n) is 12.6. The van der Waals surface area contributed by atoms with E-state index < -0.39 is 77.1 Å². The van der Waals surface area contributed by atoms with Gasteiger partial charge in [0.25, 0.3) is 5.69 Å². The Kier molecular flexibility index (Phi) is 16.9. The summed E-state index contributed by atoms with van der Waals surface area (Å²) < 4.78 is 5.22. The molecule has 0 heterocycles. The largest absolute Gasteiger partial charge is 0.444 e. The van der Waals surface area contributed by atoms with Gasteiger partial charge in [-0.3, -0.25) is 34.3 Å². The summed E-state index contributed by atoms with van der Waals surface area (Å²) in [6, 6.07) is -0.696. The van der Waals surface area contributed by atoms with E-state index in [1.54, 1.807) is 34.6 Å². The number of rotatable bonds is 18. The highest BCUT2D eigenvalue weighted by molar-refractivity contribution is 5.99. The molecule has 274 valence electrons. The van der Waals surface area contributed by atoms with E-state index in [2.05, 4.69) is 31.6 Å². The average molecular weight is 696 g/mol. The number of amides is 5.